The zero-order chi connectivity index (χ0) is 10.8. The van der Waals surface area contributed by atoms with Crippen LogP contribution in [0.4, 0.5) is 11.5 Å². The van der Waals surface area contributed by atoms with Gasteiger partial charge in [-0.2, -0.15) is 0 Å². The number of rotatable bonds is 2. The first-order chi connectivity index (χ1) is 7.18. The number of hydrogen-bond acceptors (Lipinski definition) is 4. The van der Waals surface area contributed by atoms with Gasteiger partial charge >= 0.3 is 0 Å². The van der Waals surface area contributed by atoms with Crippen LogP contribution in [-0.2, 0) is 0 Å². The Balaban J connectivity index is 2.13. The summed E-state index contributed by atoms with van der Waals surface area (Å²) >= 11 is 5.82. The maximum Gasteiger partial charge on any atom is 0.157 e. The minimum absolute atomic E-state index is 0.318. The van der Waals surface area contributed by atoms with E-state index in [1.54, 1.807) is 0 Å². The molecule has 1 heterocycles. The van der Waals surface area contributed by atoms with Crippen molar-refractivity contribution in [1.82, 2.24) is 9.97 Å². The molecule has 0 amide bonds. The van der Waals surface area contributed by atoms with Crippen LogP contribution in [0.2, 0.25) is 5.15 Å². The molecule has 4 nitrogen and oxygen atoms in total. The Bertz CT molecular complexity index is 355. The number of nitrogen functional groups attached to an aromatic ring is 1. The quantitative estimate of drug-likeness (QED) is 0.760. The van der Waals surface area contributed by atoms with Crippen molar-refractivity contribution in [2.24, 2.45) is 5.92 Å². The third-order valence-corrected chi connectivity index (χ3v) is 3.32. The molecule has 1 aliphatic carbocycles. The van der Waals surface area contributed by atoms with E-state index in [0.717, 1.165) is 0 Å². The van der Waals surface area contributed by atoms with Gasteiger partial charge in [0.1, 0.15) is 12.0 Å². The first-order valence-electron chi connectivity index (χ1n) is 5.21. The topological polar surface area (TPSA) is 63.8 Å². The molecule has 1 aromatic heterocycles. The Morgan fingerprint density at radius 2 is 2.27 bits per heavy atom. The van der Waals surface area contributed by atoms with Crippen LogP contribution < -0.4 is 11.1 Å². The SMILES string of the molecule is CC1CCCC1Nc1ncnc(Cl)c1N. The molecule has 0 bridgehead atoms. The first-order valence-corrected chi connectivity index (χ1v) is 5.59. The highest BCUT2D eigenvalue weighted by Gasteiger charge is 2.24. The van der Waals surface area contributed by atoms with Crippen LogP contribution in [0.5, 0.6) is 0 Å². The smallest absolute Gasteiger partial charge is 0.157 e. The Hall–Kier alpha value is -1.03. The minimum Gasteiger partial charge on any atom is -0.393 e. The summed E-state index contributed by atoms with van der Waals surface area (Å²) in [6.45, 7) is 2.24. The number of hydrogen-bond donors (Lipinski definition) is 2. The summed E-state index contributed by atoms with van der Waals surface area (Å²) < 4.78 is 0. The van der Waals surface area contributed by atoms with E-state index in [1.165, 1.54) is 25.6 Å². The number of aromatic nitrogens is 2. The number of nitrogens with one attached hydrogen (secondary N) is 1. The van der Waals surface area contributed by atoms with E-state index in [9.17, 15) is 0 Å². The van der Waals surface area contributed by atoms with Gasteiger partial charge in [-0.25, -0.2) is 9.97 Å². The number of halogens is 1. The standard InChI is InChI=1S/C10H15ClN4/c1-6-3-2-4-7(6)15-10-8(12)9(11)13-5-14-10/h5-7H,2-4,12H2,1H3,(H,13,14,15). The molecule has 1 aliphatic rings. The second-order valence-corrected chi connectivity index (χ2v) is 4.44. The summed E-state index contributed by atoms with van der Waals surface area (Å²) in [5.41, 5.74) is 6.23. The Labute approximate surface area is 94.2 Å². The van der Waals surface area contributed by atoms with Crippen molar-refractivity contribution in [2.45, 2.75) is 32.2 Å². The third-order valence-electron chi connectivity index (χ3n) is 3.02. The molecule has 2 unspecified atom stereocenters. The molecule has 1 saturated carbocycles. The van der Waals surface area contributed by atoms with Gasteiger partial charge in [-0.3, -0.25) is 0 Å². The molecular weight excluding hydrogens is 212 g/mol. The van der Waals surface area contributed by atoms with E-state index in [4.69, 9.17) is 17.3 Å². The zero-order valence-corrected chi connectivity index (χ0v) is 9.46. The van der Waals surface area contributed by atoms with E-state index in [0.29, 0.717) is 28.6 Å². The van der Waals surface area contributed by atoms with Crippen molar-refractivity contribution in [2.75, 3.05) is 11.1 Å². The summed E-state index contributed by atoms with van der Waals surface area (Å²) in [6, 6.07) is 0.457. The lowest BCUT2D eigenvalue weighted by atomic mass is 10.1. The predicted molar refractivity (Wildman–Crippen MR) is 61.9 cm³/mol. The molecule has 2 atom stereocenters. The van der Waals surface area contributed by atoms with Gasteiger partial charge in [-0.15, -0.1) is 0 Å². The molecule has 0 spiro atoms. The van der Waals surface area contributed by atoms with Crippen LogP contribution >= 0.6 is 11.6 Å². The van der Waals surface area contributed by atoms with Gasteiger partial charge in [0.25, 0.3) is 0 Å². The van der Waals surface area contributed by atoms with Crippen molar-refractivity contribution >= 4 is 23.1 Å². The van der Waals surface area contributed by atoms with Crippen LogP contribution in [0.1, 0.15) is 26.2 Å². The van der Waals surface area contributed by atoms with Gasteiger partial charge in [-0.05, 0) is 18.8 Å². The summed E-state index contributed by atoms with van der Waals surface area (Å²) in [7, 11) is 0. The van der Waals surface area contributed by atoms with Crippen molar-refractivity contribution in [1.29, 1.82) is 0 Å². The summed E-state index contributed by atoms with van der Waals surface area (Å²) in [4.78, 5) is 7.93. The second-order valence-electron chi connectivity index (χ2n) is 4.09. The van der Waals surface area contributed by atoms with E-state index < -0.39 is 0 Å². The van der Waals surface area contributed by atoms with E-state index >= 15 is 0 Å². The monoisotopic (exact) mass is 226 g/mol. The fourth-order valence-electron chi connectivity index (χ4n) is 2.02. The molecule has 0 aromatic carbocycles. The van der Waals surface area contributed by atoms with Crippen LogP contribution in [0.3, 0.4) is 0 Å². The highest BCUT2D eigenvalue weighted by Crippen LogP contribution is 2.30. The maximum atomic E-state index is 5.82. The van der Waals surface area contributed by atoms with Gasteiger partial charge in [0, 0.05) is 6.04 Å². The van der Waals surface area contributed by atoms with Crippen LogP contribution in [0.25, 0.3) is 0 Å². The lowest BCUT2D eigenvalue weighted by Crippen LogP contribution is -2.23. The Morgan fingerprint density at radius 3 is 2.93 bits per heavy atom. The molecule has 15 heavy (non-hydrogen) atoms. The first kappa shape index (κ1) is 10.5. The average molecular weight is 227 g/mol. The maximum absolute atomic E-state index is 5.82. The highest BCUT2D eigenvalue weighted by atomic mass is 35.5. The summed E-state index contributed by atoms with van der Waals surface area (Å²) in [6.07, 6.45) is 5.12. The normalized spacial score (nSPS) is 25.5. The van der Waals surface area contributed by atoms with Crippen LogP contribution in [-0.4, -0.2) is 16.0 Å². The van der Waals surface area contributed by atoms with Crippen molar-refractivity contribution in [3.05, 3.63) is 11.5 Å². The molecule has 1 aromatic rings. The lowest BCUT2D eigenvalue weighted by Gasteiger charge is -2.18. The fraction of sp³-hybridized carbons (Fsp3) is 0.600. The Kier molecular flexibility index (Phi) is 2.95. The molecule has 0 aliphatic heterocycles. The Morgan fingerprint density at radius 1 is 1.47 bits per heavy atom. The average Bonchev–Trinajstić information content (AvgIpc) is 2.60. The predicted octanol–water partition coefficient (Wildman–Crippen LogP) is 2.31. The van der Waals surface area contributed by atoms with Crippen LogP contribution in [0.15, 0.2) is 6.33 Å². The molecule has 0 saturated heterocycles. The molecule has 1 fully saturated rings. The highest BCUT2D eigenvalue weighted by molar-refractivity contribution is 6.32. The van der Waals surface area contributed by atoms with Gasteiger partial charge in [-0.1, -0.05) is 24.9 Å². The molecule has 2 rings (SSSR count). The van der Waals surface area contributed by atoms with Crippen molar-refractivity contribution in [3.63, 3.8) is 0 Å². The third kappa shape index (κ3) is 2.15. The van der Waals surface area contributed by atoms with E-state index in [1.807, 2.05) is 0 Å². The number of anilines is 2. The van der Waals surface area contributed by atoms with Crippen molar-refractivity contribution < 1.29 is 0 Å². The lowest BCUT2D eigenvalue weighted by molar-refractivity contribution is 0.555. The zero-order valence-electron chi connectivity index (χ0n) is 8.70. The number of nitrogens with zero attached hydrogens (tertiary/aromatic N) is 2. The van der Waals surface area contributed by atoms with Crippen LogP contribution in [0, 0.1) is 5.92 Å². The second kappa shape index (κ2) is 4.23. The molecule has 3 N–H and O–H groups in total. The molecule has 5 heteroatoms. The minimum atomic E-state index is 0.318. The van der Waals surface area contributed by atoms with Gasteiger partial charge in [0.2, 0.25) is 0 Å². The largest absolute Gasteiger partial charge is 0.393 e. The molecule has 82 valence electrons. The molecule has 0 radical (unpaired) electrons. The van der Waals surface area contributed by atoms with Gasteiger partial charge < -0.3 is 11.1 Å². The van der Waals surface area contributed by atoms with E-state index in [-0.39, 0.29) is 0 Å². The van der Waals surface area contributed by atoms with Crippen molar-refractivity contribution in [3.8, 4) is 0 Å². The summed E-state index contributed by atoms with van der Waals surface area (Å²) in [5, 5.41) is 3.66. The van der Waals surface area contributed by atoms with E-state index in [2.05, 4.69) is 22.2 Å². The summed E-state index contributed by atoms with van der Waals surface area (Å²) in [5.74, 6) is 1.33. The number of nitrogens with two attached hydrogens (primary N) is 1. The van der Waals surface area contributed by atoms with Gasteiger partial charge in [0.05, 0.1) is 0 Å². The fourth-order valence-corrected chi connectivity index (χ4v) is 2.16. The van der Waals surface area contributed by atoms with Gasteiger partial charge in [0.15, 0.2) is 11.0 Å². The molecular formula is C10H15ClN4.